The lowest BCUT2D eigenvalue weighted by Gasteiger charge is -2.21. The zero-order chi connectivity index (χ0) is 15.4. The molecule has 1 aromatic carbocycles. The second-order valence-corrected chi connectivity index (χ2v) is 6.39. The minimum atomic E-state index is -0.160. The highest BCUT2D eigenvalue weighted by molar-refractivity contribution is 6.10. The lowest BCUT2D eigenvalue weighted by atomic mass is 10.0. The van der Waals surface area contributed by atoms with E-state index in [2.05, 4.69) is 0 Å². The summed E-state index contributed by atoms with van der Waals surface area (Å²) in [6, 6.07) is 5.59. The average molecular weight is 288 g/mol. The first-order valence-corrected chi connectivity index (χ1v) is 7.13. The minimum Gasteiger partial charge on any atom is -0.496 e. The molecule has 21 heavy (non-hydrogen) atoms. The van der Waals surface area contributed by atoms with Gasteiger partial charge in [-0.05, 0) is 23.1 Å². The molecule has 3 rings (SSSR count). The molecule has 0 bridgehead atoms. The molecule has 2 fully saturated rings. The van der Waals surface area contributed by atoms with Crippen LogP contribution in [0.2, 0.25) is 0 Å². The SMILES string of the molecule is COc1ccc(CN2C(=O)C3C(C2=O)C3(C)C)cc1CN. The molecule has 0 radical (unpaired) electrons. The van der Waals surface area contributed by atoms with Crippen molar-refractivity contribution >= 4 is 11.8 Å². The Morgan fingerprint density at radius 3 is 2.38 bits per heavy atom. The Morgan fingerprint density at radius 1 is 1.24 bits per heavy atom. The number of ether oxygens (including phenoxy) is 1. The number of imide groups is 1. The van der Waals surface area contributed by atoms with E-state index < -0.39 is 0 Å². The molecule has 5 nitrogen and oxygen atoms in total. The normalized spacial score (nSPS) is 26.0. The number of benzene rings is 1. The maximum atomic E-state index is 12.3. The van der Waals surface area contributed by atoms with Crippen LogP contribution in [0.3, 0.4) is 0 Å². The van der Waals surface area contributed by atoms with Gasteiger partial charge in [-0.3, -0.25) is 14.5 Å². The van der Waals surface area contributed by atoms with Crippen molar-refractivity contribution in [1.29, 1.82) is 0 Å². The monoisotopic (exact) mass is 288 g/mol. The number of carbonyl (C=O) groups is 2. The van der Waals surface area contributed by atoms with Crippen LogP contribution in [0.5, 0.6) is 5.75 Å². The van der Waals surface area contributed by atoms with Crippen LogP contribution in [0.15, 0.2) is 18.2 Å². The molecule has 112 valence electrons. The molecule has 1 aliphatic heterocycles. The average Bonchev–Trinajstić information content (AvgIpc) is 2.94. The van der Waals surface area contributed by atoms with Crippen molar-refractivity contribution < 1.29 is 14.3 Å². The highest BCUT2D eigenvalue weighted by Crippen LogP contribution is 2.63. The molecule has 1 saturated carbocycles. The number of methoxy groups -OCH3 is 1. The summed E-state index contributed by atoms with van der Waals surface area (Å²) < 4.78 is 5.23. The second-order valence-electron chi connectivity index (χ2n) is 6.39. The van der Waals surface area contributed by atoms with Crippen LogP contribution in [-0.2, 0) is 22.7 Å². The Balaban J connectivity index is 1.80. The summed E-state index contributed by atoms with van der Waals surface area (Å²) in [6.07, 6.45) is 0. The molecule has 2 aliphatic rings. The van der Waals surface area contributed by atoms with Gasteiger partial charge >= 0.3 is 0 Å². The van der Waals surface area contributed by atoms with Crippen LogP contribution in [0, 0.1) is 17.3 Å². The molecule has 1 aromatic rings. The Hall–Kier alpha value is -1.88. The van der Waals surface area contributed by atoms with Gasteiger partial charge in [-0.1, -0.05) is 19.9 Å². The maximum Gasteiger partial charge on any atom is 0.233 e. The van der Waals surface area contributed by atoms with Crippen LogP contribution in [-0.4, -0.2) is 23.8 Å². The summed E-state index contributed by atoms with van der Waals surface area (Å²) in [5.74, 6) is 0.388. The van der Waals surface area contributed by atoms with E-state index in [4.69, 9.17) is 10.5 Å². The third-order valence-electron chi connectivity index (χ3n) is 4.80. The number of fused-ring (bicyclic) bond motifs is 1. The fourth-order valence-corrected chi connectivity index (χ4v) is 3.43. The van der Waals surface area contributed by atoms with E-state index in [-0.39, 0.29) is 29.1 Å². The van der Waals surface area contributed by atoms with E-state index in [9.17, 15) is 9.59 Å². The molecule has 1 heterocycles. The Labute approximate surface area is 124 Å². The molecule has 1 saturated heterocycles. The van der Waals surface area contributed by atoms with Crippen molar-refractivity contribution in [2.24, 2.45) is 23.0 Å². The van der Waals surface area contributed by atoms with E-state index in [1.807, 2.05) is 32.0 Å². The van der Waals surface area contributed by atoms with Crippen molar-refractivity contribution in [3.8, 4) is 5.75 Å². The summed E-state index contributed by atoms with van der Waals surface area (Å²) in [6.45, 7) is 4.64. The van der Waals surface area contributed by atoms with Gasteiger partial charge in [-0.25, -0.2) is 0 Å². The van der Waals surface area contributed by atoms with E-state index in [0.717, 1.165) is 16.9 Å². The molecule has 2 N–H and O–H groups in total. The smallest absolute Gasteiger partial charge is 0.233 e. The third kappa shape index (κ3) is 1.95. The summed E-state index contributed by atoms with van der Waals surface area (Å²) >= 11 is 0. The summed E-state index contributed by atoms with van der Waals surface area (Å²) in [7, 11) is 1.59. The van der Waals surface area contributed by atoms with Crippen LogP contribution in [0.25, 0.3) is 0 Å². The topological polar surface area (TPSA) is 72.6 Å². The molecule has 5 heteroatoms. The van der Waals surface area contributed by atoms with Crippen LogP contribution >= 0.6 is 0 Å². The van der Waals surface area contributed by atoms with Gasteiger partial charge in [0.25, 0.3) is 0 Å². The lowest BCUT2D eigenvalue weighted by molar-refractivity contribution is -0.143. The Bertz CT molecular complexity index is 600. The number of carbonyl (C=O) groups excluding carboxylic acids is 2. The Kier molecular flexibility index (Phi) is 3.06. The van der Waals surface area contributed by atoms with Gasteiger partial charge in [-0.15, -0.1) is 0 Å². The summed E-state index contributed by atoms with van der Waals surface area (Å²) in [4.78, 5) is 26.0. The molecular weight excluding hydrogens is 268 g/mol. The zero-order valence-corrected chi connectivity index (χ0v) is 12.6. The minimum absolute atomic E-state index is 0.0416. The van der Waals surface area contributed by atoms with Crippen LogP contribution in [0.4, 0.5) is 0 Å². The quantitative estimate of drug-likeness (QED) is 0.847. The first kappa shape index (κ1) is 14.1. The first-order valence-electron chi connectivity index (χ1n) is 7.13. The molecule has 2 atom stereocenters. The van der Waals surface area contributed by atoms with Gasteiger partial charge in [0.1, 0.15) is 5.75 Å². The molecule has 1 aliphatic carbocycles. The van der Waals surface area contributed by atoms with E-state index in [1.165, 1.54) is 4.90 Å². The molecule has 0 spiro atoms. The number of amides is 2. The molecular formula is C16H20N2O3. The van der Waals surface area contributed by atoms with Crippen molar-refractivity contribution in [2.45, 2.75) is 26.9 Å². The molecule has 2 unspecified atom stereocenters. The van der Waals surface area contributed by atoms with Crippen molar-refractivity contribution in [2.75, 3.05) is 7.11 Å². The number of piperidine rings is 1. The Morgan fingerprint density at radius 2 is 1.86 bits per heavy atom. The first-order chi connectivity index (χ1) is 9.91. The van der Waals surface area contributed by atoms with Crippen molar-refractivity contribution in [3.63, 3.8) is 0 Å². The van der Waals surface area contributed by atoms with Crippen LogP contribution in [0.1, 0.15) is 25.0 Å². The number of nitrogens with two attached hydrogens (primary N) is 1. The van der Waals surface area contributed by atoms with Crippen LogP contribution < -0.4 is 10.5 Å². The highest BCUT2D eigenvalue weighted by atomic mass is 16.5. The number of hydrogen-bond acceptors (Lipinski definition) is 4. The van der Waals surface area contributed by atoms with E-state index in [1.54, 1.807) is 7.11 Å². The van der Waals surface area contributed by atoms with Gasteiger partial charge in [0.05, 0.1) is 25.5 Å². The number of rotatable bonds is 4. The third-order valence-corrected chi connectivity index (χ3v) is 4.80. The standard InChI is InChI=1S/C16H20N2O3/c1-16(2)12-13(16)15(20)18(14(12)19)8-9-4-5-11(21-3)10(6-9)7-17/h4-6,12-13H,7-8,17H2,1-3H3. The fraction of sp³-hybridized carbons (Fsp3) is 0.500. The predicted molar refractivity (Wildman–Crippen MR) is 77.2 cm³/mol. The van der Waals surface area contributed by atoms with Crippen molar-refractivity contribution in [1.82, 2.24) is 4.90 Å². The van der Waals surface area contributed by atoms with Gasteiger partial charge in [0.15, 0.2) is 0 Å². The molecule has 0 aromatic heterocycles. The number of likely N-dealkylation sites (tertiary alicyclic amines) is 1. The lowest BCUT2D eigenvalue weighted by Crippen LogP contribution is -2.35. The van der Waals surface area contributed by atoms with Crippen molar-refractivity contribution in [3.05, 3.63) is 29.3 Å². The largest absolute Gasteiger partial charge is 0.496 e. The number of hydrogen-bond donors (Lipinski definition) is 1. The van der Waals surface area contributed by atoms with E-state index in [0.29, 0.717) is 13.1 Å². The van der Waals surface area contributed by atoms with Gasteiger partial charge in [0, 0.05) is 12.1 Å². The van der Waals surface area contributed by atoms with Gasteiger partial charge in [-0.2, -0.15) is 0 Å². The van der Waals surface area contributed by atoms with E-state index >= 15 is 0 Å². The molecule has 2 amide bonds. The van der Waals surface area contributed by atoms with Gasteiger partial charge in [0.2, 0.25) is 11.8 Å². The second kappa shape index (κ2) is 4.56. The number of nitrogens with zero attached hydrogens (tertiary/aromatic N) is 1. The zero-order valence-electron chi connectivity index (χ0n) is 12.6. The predicted octanol–water partition coefficient (Wildman–Crippen LogP) is 1.29. The van der Waals surface area contributed by atoms with Gasteiger partial charge < -0.3 is 10.5 Å². The fourth-order valence-electron chi connectivity index (χ4n) is 3.43. The summed E-state index contributed by atoms with van der Waals surface area (Å²) in [5, 5.41) is 0. The maximum absolute atomic E-state index is 12.3. The highest BCUT2D eigenvalue weighted by Gasteiger charge is 2.72. The summed E-state index contributed by atoms with van der Waals surface area (Å²) in [5.41, 5.74) is 7.31.